The number of carbonyl (C=O) groups excluding carboxylic acids is 1. The lowest BCUT2D eigenvalue weighted by atomic mass is 10.1. The van der Waals surface area contributed by atoms with Gasteiger partial charge in [0, 0.05) is 38.6 Å². The molecule has 0 saturated heterocycles. The maximum Gasteiger partial charge on any atom is 0.239 e. The molecule has 1 heterocycles. The molecule has 1 rings (SSSR count). The summed E-state index contributed by atoms with van der Waals surface area (Å²) in [4.78, 5) is 11.8. The maximum absolute atomic E-state index is 11.8. The first-order chi connectivity index (χ1) is 9.63. The van der Waals surface area contributed by atoms with Gasteiger partial charge >= 0.3 is 0 Å². The molecule has 0 spiro atoms. The summed E-state index contributed by atoms with van der Waals surface area (Å²) < 4.78 is 6.96. The molecule has 0 aliphatic rings. The van der Waals surface area contributed by atoms with Crippen molar-refractivity contribution in [2.24, 2.45) is 5.92 Å². The van der Waals surface area contributed by atoms with E-state index < -0.39 is 0 Å². The van der Waals surface area contributed by atoms with Crippen LogP contribution in [-0.2, 0) is 22.6 Å². The molecule has 0 fully saturated rings. The normalized spacial score (nSPS) is 11.0. The lowest BCUT2D eigenvalue weighted by Gasteiger charge is -2.11. The van der Waals surface area contributed by atoms with E-state index in [2.05, 4.69) is 24.5 Å². The number of methoxy groups -OCH3 is 1. The summed E-state index contributed by atoms with van der Waals surface area (Å²) in [6.07, 6.45) is 2.96. The van der Waals surface area contributed by atoms with Crippen LogP contribution in [0.2, 0.25) is 0 Å². The van der Waals surface area contributed by atoms with E-state index in [4.69, 9.17) is 4.74 Å². The zero-order valence-electron chi connectivity index (χ0n) is 12.8. The minimum atomic E-state index is 0.0694. The quantitative estimate of drug-likeness (QED) is 0.637. The standard InChI is InChI=1S/C15H27N3O2/c1-13(2)6-7-17-15(19)12-18-9-4-5-14(18)11-16-8-10-20-3/h4-5,9,13,16H,6-8,10-12H2,1-3H3,(H,17,19). The Morgan fingerprint density at radius 3 is 2.90 bits per heavy atom. The maximum atomic E-state index is 11.8. The van der Waals surface area contributed by atoms with Gasteiger partial charge in [0.05, 0.1) is 6.61 Å². The summed E-state index contributed by atoms with van der Waals surface area (Å²) in [5.74, 6) is 0.683. The molecule has 0 aromatic carbocycles. The fraction of sp³-hybridized carbons (Fsp3) is 0.667. The Kier molecular flexibility index (Phi) is 7.99. The van der Waals surface area contributed by atoms with Crippen LogP contribution in [0.4, 0.5) is 0 Å². The Bertz CT molecular complexity index is 388. The van der Waals surface area contributed by atoms with Crippen LogP contribution in [0.3, 0.4) is 0 Å². The van der Waals surface area contributed by atoms with Gasteiger partial charge in [-0.1, -0.05) is 13.8 Å². The van der Waals surface area contributed by atoms with Gasteiger partial charge < -0.3 is 19.9 Å². The van der Waals surface area contributed by atoms with Crippen molar-refractivity contribution in [2.45, 2.75) is 33.4 Å². The number of carbonyl (C=O) groups is 1. The molecule has 2 N–H and O–H groups in total. The molecule has 20 heavy (non-hydrogen) atoms. The van der Waals surface area contributed by atoms with Gasteiger partial charge in [-0.15, -0.1) is 0 Å². The van der Waals surface area contributed by atoms with Crippen LogP contribution in [0.5, 0.6) is 0 Å². The molecule has 0 aliphatic heterocycles. The third kappa shape index (κ3) is 6.73. The summed E-state index contributed by atoms with van der Waals surface area (Å²) >= 11 is 0. The molecule has 0 radical (unpaired) electrons. The van der Waals surface area contributed by atoms with Crippen LogP contribution in [0.15, 0.2) is 18.3 Å². The summed E-state index contributed by atoms with van der Waals surface area (Å²) in [5.41, 5.74) is 1.11. The third-order valence-corrected chi connectivity index (χ3v) is 3.07. The summed E-state index contributed by atoms with van der Waals surface area (Å²) in [7, 11) is 1.69. The average molecular weight is 281 g/mol. The van der Waals surface area contributed by atoms with E-state index in [0.29, 0.717) is 19.1 Å². The van der Waals surface area contributed by atoms with Crippen LogP contribution in [0.25, 0.3) is 0 Å². The first kappa shape index (κ1) is 16.7. The first-order valence-electron chi connectivity index (χ1n) is 7.24. The SMILES string of the molecule is COCCNCc1cccn1CC(=O)NCCC(C)C. The van der Waals surface area contributed by atoms with E-state index in [0.717, 1.165) is 31.7 Å². The molecule has 1 aromatic rings. The fourth-order valence-electron chi connectivity index (χ4n) is 1.87. The van der Waals surface area contributed by atoms with E-state index >= 15 is 0 Å². The molecular weight excluding hydrogens is 254 g/mol. The number of hydrogen-bond acceptors (Lipinski definition) is 3. The van der Waals surface area contributed by atoms with Crippen molar-refractivity contribution in [3.8, 4) is 0 Å². The molecule has 0 saturated carbocycles. The Hall–Kier alpha value is -1.33. The monoisotopic (exact) mass is 281 g/mol. The highest BCUT2D eigenvalue weighted by Gasteiger charge is 2.06. The van der Waals surface area contributed by atoms with Gasteiger partial charge in [0.1, 0.15) is 6.54 Å². The lowest BCUT2D eigenvalue weighted by molar-refractivity contribution is -0.121. The third-order valence-electron chi connectivity index (χ3n) is 3.07. The molecule has 0 aliphatic carbocycles. The number of amides is 1. The van der Waals surface area contributed by atoms with E-state index in [1.807, 2.05) is 22.9 Å². The lowest BCUT2D eigenvalue weighted by Crippen LogP contribution is -2.30. The van der Waals surface area contributed by atoms with Crippen molar-refractivity contribution < 1.29 is 9.53 Å². The van der Waals surface area contributed by atoms with Gasteiger partial charge in [-0.25, -0.2) is 0 Å². The largest absolute Gasteiger partial charge is 0.383 e. The molecule has 0 unspecified atom stereocenters. The second-order valence-electron chi connectivity index (χ2n) is 5.33. The first-order valence-corrected chi connectivity index (χ1v) is 7.24. The number of nitrogens with zero attached hydrogens (tertiary/aromatic N) is 1. The number of rotatable bonds is 10. The minimum Gasteiger partial charge on any atom is -0.383 e. The zero-order valence-corrected chi connectivity index (χ0v) is 12.8. The number of aromatic nitrogens is 1. The number of ether oxygens (including phenoxy) is 1. The van der Waals surface area contributed by atoms with E-state index in [-0.39, 0.29) is 5.91 Å². The average Bonchev–Trinajstić information content (AvgIpc) is 2.81. The van der Waals surface area contributed by atoms with Crippen LogP contribution in [-0.4, -0.2) is 37.3 Å². The second kappa shape index (κ2) is 9.55. The van der Waals surface area contributed by atoms with Gasteiger partial charge in [0.25, 0.3) is 0 Å². The van der Waals surface area contributed by atoms with Crippen LogP contribution < -0.4 is 10.6 Å². The Morgan fingerprint density at radius 1 is 1.40 bits per heavy atom. The topological polar surface area (TPSA) is 55.3 Å². The van der Waals surface area contributed by atoms with Gasteiger partial charge in [0.2, 0.25) is 5.91 Å². The highest BCUT2D eigenvalue weighted by molar-refractivity contribution is 5.75. The number of nitrogens with one attached hydrogen (secondary N) is 2. The molecule has 114 valence electrons. The minimum absolute atomic E-state index is 0.0694. The fourth-order valence-corrected chi connectivity index (χ4v) is 1.87. The van der Waals surface area contributed by atoms with Gasteiger partial charge in [0.15, 0.2) is 0 Å². The van der Waals surface area contributed by atoms with Crippen LogP contribution in [0, 0.1) is 5.92 Å². The van der Waals surface area contributed by atoms with Crippen molar-refractivity contribution in [1.29, 1.82) is 0 Å². The van der Waals surface area contributed by atoms with E-state index in [1.54, 1.807) is 7.11 Å². The van der Waals surface area contributed by atoms with Crippen LogP contribution >= 0.6 is 0 Å². The molecule has 5 heteroatoms. The second-order valence-corrected chi connectivity index (χ2v) is 5.33. The molecule has 0 atom stereocenters. The molecule has 5 nitrogen and oxygen atoms in total. The molecule has 0 bridgehead atoms. The van der Waals surface area contributed by atoms with Crippen molar-refractivity contribution in [1.82, 2.24) is 15.2 Å². The molecular formula is C15H27N3O2. The summed E-state index contributed by atoms with van der Waals surface area (Å²) in [5, 5.41) is 6.24. The van der Waals surface area contributed by atoms with Crippen molar-refractivity contribution in [2.75, 3.05) is 26.8 Å². The smallest absolute Gasteiger partial charge is 0.239 e. The predicted octanol–water partition coefficient (Wildman–Crippen LogP) is 1.39. The Balaban J connectivity index is 2.32. The Labute approximate surface area is 121 Å². The Morgan fingerprint density at radius 2 is 2.20 bits per heavy atom. The summed E-state index contributed by atoms with van der Waals surface area (Å²) in [6, 6.07) is 4.00. The molecule has 1 aromatic heterocycles. The highest BCUT2D eigenvalue weighted by atomic mass is 16.5. The summed E-state index contributed by atoms with van der Waals surface area (Å²) in [6.45, 7) is 7.68. The number of hydrogen-bond donors (Lipinski definition) is 2. The zero-order chi connectivity index (χ0) is 14.8. The van der Waals surface area contributed by atoms with Crippen molar-refractivity contribution in [3.05, 3.63) is 24.0 Å². The predicted molar refractivity (Wildman–Crippen MR) is 80.5 cm³/mol. The van der Waals surface area contributed by atoms with Crippen LogP contribution in [0.1, 0.15) is 26.0 Å². The van der Waals surface area contributed by atoms with Gasteiger partial charge in [-0.05, 0) is 24.5 Å². The van der Waals surface area contributed by atoms with Crippen molar-refractivity contribution in [3.63, 3.8) is 0 Å². The highest BCUT2D eigenvalue weighted by Crippen LogP contribution is 2.02. The van der Waals surface area contributed by atoms with E-state index in [9.17, 15) is 4.79 Å². The van der Waals surface area contributed by atoms with E-state index in [1.165, 1.54) is 0 Å². The molecule has 1 amide bonds. The van der Waals surface area contributed by atoms with Crippen molar-refractivity contribution >= 4 is 5.91 Å². The van der Waals surface area contributed by atoms with Gasteiger partial charge in [-0.2, -0.15) is 0 Å². The van der Waals surface area contributed by atoms with Gasteiger partial charge in [-0.3, -0.25) is 4.79 Å².